The van der Waals surface area contributed by atoms with Crippen molar-refractivity contribution < 1.29 is 22.3 Å². The monoisotopic (exact) mass is 322 g/mol. The standard InChI is InChI=1S/C10H10F4N2O.2ClH/c11-7-3-8(10(12,13)14)16-4-6(7)9(15)1-2-17-5-9;;/h3-4H,1-2,5,15H2;2*1H. The van der Waals surface area contributed by atoms with Gasteiger partial charge in [0.25, 0.3) is 0 Å². The van der Waals surface area contributed by atoms with Gasteiger partial charge in [0, 0.05) is 24.4 Å². The SMILES string of the molecule is Cl.Cl.NC1(c2cnc(C(F)(F)F)cc2F)CCOC1. The molecule has 0 bridgehead atoms. The predicted octanol–water partition coefficient (Wildman–Crippen LogP) is 2.66. The minimum atomic E-state index is -4.66. The van der Waals surface area contributed by atoms with Gasteiger partial charge in [0.15, 0.2) is 0 Å². The zero-order valence-corrected chi connectivity index (χ0v) is 11.2. The molecule has 1 unspecified atom stereocenters. The number of alkyl halides is 3. The van der Waals surface area contributed by atoms with Crippen molar-refractivity contribution in [3.05, 3.63) is 29.3 Å². The summed E-state index contributed by atoms with van der Waals surface area (Å²) in [5.74, 6) is -1.000. The molecule has 1 atom stereocenters. The fourth-order valence-electron chi connectivity index (χ4n) is 1.75. The first-order valence-corrected chi connectivity index (χ1v) is 4.93. The summed E-state index contributed by atoms with van der Waals surface area (Å²) in [5, 5.41) is 0. The lowest BCUT2D eigenvalue weighted by Gasteiger charge is -2.22. The first-order valence-electron chi connectivity index (χ1n) is 4.93. The lowest BCUT2D eigenvalue weighted by Crippen LogP contribution is -2.38. The maximum Gasteiger partial charge on any atom is 0.433 e. The summed E-state index contributed by atoms with van der Waals surface area (Å²) in [6.45, 7) is 0.438. The van der Waals surface area contributed by atoms with Gasteiger partial charge in [0.05, 0.1) is 12.1 Å². The number of aromatic nitrogens is 1. The Morgan fingerprint density at radius 1 is 1.32 bits per heavy atom. The van der Waals surface area contributed by atoms with Crippen LogP contribution in [0.3, 0.4) is 0 Å². The third kappa shape index (κ3) is 3.68. The Bertz CT molecular complexity index is 436. The molecule has 0 amide bonds. The van der Waals surface area contributed by atoms with E-state index in [-0.39, 0.29) is 37.0 Å². The second-order valence-corrected chi connectivity index (χ2v) is 4.01. The molecule has 0 aromatic carbocycles. The predicted molar refractivity (Wildman–Crippen MR) is 65.0 cm³/mol. The van der Waals surface area contributed by atoms with Crippen LogP contribution in [0.5, 0.6) is 0 Å². The molecule has 0 radical (unpaired) electrons. The molecule has 1 saturated heterocycles. The molecule has 0 saturated carbocycles. The van der Waals surface area contributed by atoms with Gasteiger partial charge >= 0.3 is 6.18 Å². The highest BCUT2D eigenvalue weighted by atomic mass is 35.5. The minimum Gasteiger partial charge on any atom is -0.379 e. The highest BCUT2D eigenvalue weighted by Crippen LogP contribution is 2.33. The lowest BCUT2D eigenvalue weighted by molar-refractivity contribution is -0.141. The van der Waals surface area contributed by atoms with E-state index in [2.05, 4.69) is 4.98 Å². The van der Waals surface area contributed by atoms with Crippen molar-refractivity contribution in [2.24, 2.45) is 5.73 Å². The Morgan fingerprint density at radius 2 is 1.95 bits per heavy atom. The molecular formula is C10H12Cl2F4N2O. The molecule has 2 N–H and O–H groups in total. The van der Waals surface area contributed by atoms with Crippen LogP contribution in [-0.2, 0) is 16.5 Å². The number of rotatable bonds is 1. The largest absolute Gasteiger partial charge is 0.433 e. The van der Waals surface area contributed by atoms with Crippen molar-refractivity contribution in [1.29, 1.82) is 0 Å². The van der Waals surface area contributed by atoms with Crippen molar-refractivity contribution in [3.8, 4) is 0 Å². The average molecular weight is 323 g/mol. The van der Waals surface area contributed by atoms with Crippen LogP contribution in [0.25, 0.3) is 0 Å². The fourth-order valence-corrected chi connectivity index (χ4v) is 1.75. The van der Waals surface area contributed by atoms with Crippen LogP contribution in [0.2, 0.25) is 0 Å². The molecule has 3 nitrogen and oxygen atoms in total. The maximum atomic E-state index is 13.6. The van der Waals surface area contributed by atoms with Crippen molar-refractivity contribution in [2.45, 2.75) is 18.1 Å². The zero-order chi connectivity index (χ0) is 12.7. The van der Waals surface area contributed by atoms with Gasteiger partial charge in [-0.2, -0.15) is 13.2 Å². The lowest BCUT2D eigenvalue weighted by atomic mass is 9.91. The third-order valence-corrected chi connectivity index (χ3v) is 2.73. The van der Waals surface area contributed by atoms with Gasteiger partial charge in [-0.15, -0.1) is 24.8 Å². The molecule has 1 fully saturated rings. The minimum absolute atomic E-state index is 0. The Balaban J connectivity index is 0.00000162. The van der Waals surface area contributed by atoms with E-state index in [0.29, 0.717) is 19.1 Å². The van der Waals surface area contributed by atoms with E-state index >= 15 is 0 Å². The first kappa shape index (κ1) is 18.4. The van der Waals surface area contributed by atoms with Crippen LogP contribution in [0.4, 0.5) is 17.6 Å². The van der Waals surface area contributed by atoms with Gasteiger partial charge in [0.2, 0.25) is 0 Å². The van der Waals surface area contributed by atoms with Gasteiger partial charge in [-0.1, -0.05) is 0 Å². The van der Waals surface area contributed by atoms with E-state index in [1.54, 1.807) is 0 Å². The Labute approximate surface area is 119 Å². The summed E-state index contributed by atoms with van der Waals surface area (Å²) >= 11 is 0. The summed E-state index contributed by atoms with van der Waals surface area (Å²) in [7, 11) is 0. The van der Waals surface area contributed by atoms with Crippen molar-refractivity contribution in [3.63, 3.8) is 0 Å². The van der Waals surface area contributed by atoms with Gasteiger partial charge in [-0.25, -0.2) is 4.39 Å². The third-order valence-electron chi connectivity index (χ3n) is 2.73. The number of nitrogens with two attached hydrogens (primary N) is 1. The smallest absolute Gasteiger partial charge is 0.379 e. The number of ether oxygens (including phenoxy) is 1. The highest BCUT2D eigenvalue weighted by molar-refractivity contribution is 5.85. The quantitative estimate of drug-likeness (QED) is 0.809. The number of nitrogens with zero attached hydrogens (tertiary/aromatic N) is 1. The molecule has 2 rings (SSSR count). The average Bonchev–Trinajstić information content (AvgIpc) is 2.64. The molecule has 2 heterocycles. The molecule has 1 aromatic heterocycles. The molecule has 9 heteroatoms. The van der Waals surface area contributed by atoms with Crippen LogP contribution in [-0.4, -0.2) is 18.2 Å². The van der Waals surface area contributed by atoms with E-state index in [1.165, 1.54) is 0 Å². The number of hydrogen-bond acceptors (Lipinski definition) is 3. The molecule has 0 spiro atoms. The van der Waals surface area contributed by atoms with Gasteiger partial charge in [-0.05, 0) is 6.42 Å². The van der Waals surface area contributed by atoms with Gasteiger partial charge in [0.1, 0.15) is 11.5 Å². The van der Waals surface area contributed by atoms with E-state index in [9.17, 15) is 17.6 Å². The summed E-state index contributed by atoms with van der Waals surface area (Å²) in [6.07, 6.45) is -3.46. The molecular weight excluding hydrogens is 311 g/mol. The molecule has 1 aliphatic heterocycles. The van der Waals surface area contributed by atoms with E-state index < -0.39 is 23.2 Å². The van der Waals surface area contributed by atoms with Crippen LogP contribution in [0.1, 0.15) is 17.7 Å². The number of pyridine rings is 1. The van der Waals surface area contributed by atoms with Crippen molar-refractivity contribution in [1.82, 2.24) is 4.98 Å². The topological polar surface area (TPSA) is 48.1 Å². The first-order chi connectivity index (χ1) is 7.83. The van der Waals surface area contributed by atoms with Crippen molar-refractivity contribution >= 4 is 24.8 Å². The Morgan fingerprint density at radius 3 is 2.37 bits per heavy atom. The molecule has 0 aliphatic carbocycles. The Hall–Kier alpha value is -0.630. The van der Waals surface area contributed by atoms with Crippen molar-refractivity contribution in [2.75, 3.05) is 13.2 Å². The summed E-state index contributed by atoms with van der Waals surface area (Å²) in [4.78, 5) is 3.20. The normalized spacial score (nSPS) is 22.6. The van der Waals surface area contributed by atoms with Crippen LogP contribution >= 0.6 is 24.8 Å². The molecule has 1 aromatic rings. The second-order valence-electron chi connectivity index (χ2n) is 4.01. The fraction of sp³-hybridized carbons (Fsp3) is 0.500. The highest BCUT2D eigenvalue weighted by Gasteiger charge is 2.38. The van der Waals surface area contributed by atoms with E-state index in [4.69, 9.17) is 10.5 Å². The van der Waals surface area contributed by atoms with Crippen LogP contribution in [0, 0.1) is 5.82 Å². The number of hydrogen-bond donors (Lipinski definition) is 1. The van der Waals surface area contributed by atoms with Gasteiger partial charge < -0.3 is 10.5 Å². The molecule has 1 aliphatic rings. The van der Waals surface area contributed by atoms with E-state index in [0.717, 1.165) is 6.20 Å². The van der Waals surface area contributed by atoms with Gasteiger partial charge in [-0.3, -0.25) is 4.98 Å². The second kappa shape index (κ2) is 6.21. The zero-order valence-electron chi connectivity index (χ0n) is 9.54. The molecule has 110 valence electrons. The van der Waals surface area contributed by atoms with Crippen LogP contribution in [0.15, 0.2) is 12.3 Å². The summed E-state index contributed by atoms with van der Waals surface area (Å²) in [6, 6.07) is 0.363. The summed E-state index contributed by atoms with van der Waals surface area (Å²) in [5.41, 5.74) is 3.47. The van der Waals surface area contributed by atoms with Crippen LogP contribution < -0.4 is 5.73 Å². The Kier molecular flexibility index (Phi) is 6.01. The maximum absolute atomic E-state index is 13.6. The number of halogens is 6. The van der Waals surface area contributed by atoms with E-state index in [1.807, 2.05) is 0 Å². The summed E-state index contributed by atoms with van der Waals surface area (Å²) < 4.78 is 55.5. The molecule has 19 heavy (non-hydrogen) atoms.